The molecule has 0 fully saturated rings. The second kappa shape index (κ2) is 13.0. The Bertz CT molecular complexity index is 1990. The topological polar surface area (TPSA) is 70.5 Å². The lowest BCUT2D eigenvalue weighted by atomic mass is 9.67. The van der Waals surface area contributed by atoms with Gasteiger partial charge in [-0.2, -0.15) is 0 Å². The number of anilines is 2. The van der Waals surface area contributed by atoms with Crippen LogP contribution in [0.3, 0.4) is 0 Å². The summed E-state index contributed by atoms with van der Waals surface area (Å²) in [6.45, 7) is 14.4. The summed E-state index contributed by atoms with van der Waals surface area (Å²) in [6.07, 6.45) is 0. The number of rotatable bonds is 8. The first-order chi connectivity index (χ1) is 24.3. The SMILES string of the molecule is CC(C)(C)c1ccc(COc2ccc(C3(c4ccc(OCc5ccc(C(C)(C)C)cc5)cc4)c4cc(N)ccc4-c4ccc(N)cc43)cc2)cc1. The fraction of sp³-hybridized carbons (Fsp3) is 0.234. The van der Waals surface area contributed by atoms with Crippen LogP contribution < -0.4 is 20.9 Å². The van der Waals surface area contributed by atoms with Gasteiger partial charge in [-0.15, -0.1) is 0 Å². The molecule has 0 saturated carbocycles. The first-order valence-electron chi connectivity index (χ1n) is 17.8. The van der Waals surface area contributed by atoms with Crippen molar-refractivity contribution in [3.05, 3.63) is 178 Å². The molecule has 1 aliphatic carbocycles. The molecular formula is C47H48N2O2. The van der Waals surface area contributed by atoms with Crippen molar-refractivity contribution in [2.24, 2.45) is 0 Å². The normalized spacial score (nSPS) is 13.4. The zero-order valence-corrected chi connectivity index (χ0v) is 30.6. The van der Waals surface area contributed by atoms with E-state index in [1.54, 1.807) is 0 Å². The van der Waals surface area contributed by atoms with Crippen molar-refractivity contribution in [3.63, 3.8) is 0 Å². The summed E-state index contributed by atoms with van der Waals surface area (Å²) >= 11 is 0. The van der Waals surface area contributed by atoms with Gasteiger partial charge in [0.25, 0.3) is 0 Å². The molecule has 6 aromatic rings. The van der Waals surface area contributed by atoms with Gasteiger partial charge in [0, 0.05) is 11.4 Å². The van der Waals surface area contributed by atoms with Crippen LogP contribution >= 0.6 is 0 Å². The minimum absolute atomic E-state index is 0.115. The Hall–Kier alpha value is -5.48. The molecule has 0 aliphatic heterocycles. The van der Waals surface area contributed by atoms with E-state index in [9.17, 15) is 0 Å². The minimum atomic E-state index is -0.655. The third-order valence-electron chi connectivity index (χ3n) is 10.2. The molecule has 0 aromatic heterocycles. The summed E-state index contributed by atoms with van der Waals surface area (Å²) < 4.78 is 12.6. The molecule has 4 nitrogen and oxygen atoms in total. The largest absolute Gasteiger partial charge is 0.489 e. The van der Waals surface area contributed by atoms with Gasteiger partial charge in [-0.1, -0.05) is 126 Å². The van der Waals surface area contributed by atoms with Gasteiger partial charge in [-0.3, -0.25) is 0 Å². The molecule has 0 spiro atoms. The summed E-state index contributed by atoms with van der Waals surface area (Å²) in [5.74, 6) is 1.62. The molecule has 0 radical (unpaired) electrons. The van der Waals surface area contributed by atoms with E-state index in [2.05, 4.69) is 163 Å². The average molecular weight is 673 g/mol. The molecular weight excluding hydrogens is 625 g/mol. The maximum atomic E-state index is 6.51. The first kappa shape index (κ1) is 34.0. The van der Waals surface area contributed by atoms with Crippen LogP contribution in [0.1, 0.15) is 86.1 Å². The van der Waals surface area contributed by atoms with Crippen molar-refractivity contribution in [2.75, 3.05) is 11.5 Å². The molecule has 4 N–H and O–H groups in total. The molecule has 0 bridgehead atoms. The summed E-state index contributed by atoms with van der Waals surface area (Å²) in [5, 5.41) is 0. The van der Waals surface area contributed by atoms with Gasteiger partial charge >= 0.3 is 0 Å². The fourth-order valence-corrected chi connectivity index (χ4v) is 7.29. The van der Waals surface area contributed by atoms with Crippen molar-refractivity contribution < 1.29 is 9.47 Å². The number of fused-ring (bicyclic) bond motifs is 3. The highest BCUT2D eigenvalue weighted by molar-refractivity contribution is 5.88. The number of hydrogen-bond acceptors (Lipinski definition) is 4. The lowest BCUT2D eigenvalue weighted by Crippen LogP contribution is -2.28. The molecule has 258 valence electrons. The van der Waals surface area contributed by atoms with Crippen molar-refractivity contribution in [3.8, 4) is 22.6 Å². The Kier molecular flexibility index (Phi) is 8.67. The van der Waals surface area contributed by atoms with Crippen LogP contribution in [0.5, 0.6) is 11.5 Å². The Morgan fingerprint density at radius 3 is 1.14 bits per heavy atom. The molecule has 0 saturated heterocycles. The smallest absolute Gasteiger partial charge is 0.119 e. The van der Waals surface area contributed by atoms with Crippen LogP contribution in [-0.2, 0) is 29.5 Å². The van der Waals surface area contributed by atoms with Crippen LogP contribution in [0, 0.1) is 0 Å². The third kappa shape index (κ3) is 6.59. The van der Waals surface area contributed by atoms with Gasteiger partial charge in [0.1, 0.15) is 24.7 Å². The Morgan fingerprint density at radius 2 is 0.804 bits per heavy atom. The summed E-state index contributed by atoms with van der Waals surface area (Å²) in [4.78, 5) is 0. The standard InChI is InChI=1S/C47H48N2O2/c1-45(2,3)33-11-7-31(8-12-33)29-50-39-21-15-35(16-22-39)47(43-27-37(48)19-25-41(43)42-26-20-38(49)28-44(42)47)36-17-23-40(24-18-36)51-30-32-9-13-34(14-10-32)46(4,5)6/h7-28H,29-30,48-49H2,1-6H3. The highest BCUT2D eigenvalue weighted by atomic mass is 16.5. The number of nitrogen functional groups attached to an aromatic ring is 2. The lowest BCUT2D eigenvalue weighted by Gasteiger charge is -2.34. The van der Waals surface area contributed by atoms with Gasteiger partial charge in [-0.05, 0) is 115 Å². The predicted molar refractivity (Wildman–Crippen MR) is 212 cm³/mol. The summed E-state index contributed by atoms with van der Waals surface area (Å²) in [7, 11) is 0. The van der Waals surface area contributed by atoms with Crippen LogP contribution in [-0.4, -0.2) is 0 Å². The fourth-order valence-electron chi connectivity index (χ4n) is 7.29. The van der Waals surface area contributed by atoms with Crippen molar-refractivity contribution >= 4 is 11.4 Å². The number of nitrogens with two attached hydrogens (primary N) is 2. The average Bonchev–Trinajstić information content (AvgIpc) is 3.39. The third-order valence-corrected chi connectivity index (χ3v) is 10.2. The Balaban J connectivity index is 1.22. The summed E-state index contributed by atoms with van der Waals surface area (Å²) in [5.41, 5.74) is 25.7. The maximum Gasteiger partial charge on any atom is 0.119 e. The van der Waals surface area contributed by atoms with Crippen molar-refractivity contribution in [1.29, 1.82) is 0 Å². The van der Waals surface area contributed by atoms with Gasteiger partial charge in [0.2, 0.25) is 0 Å². The van der Waals surface area contributed by atoms with E-state index in [-0.39, 0.29) is 10.8 Å². The molecule has 0 amide bonds. The first-order valence-corrected chi connectivity index (χ1v) is 17.8. The van der Waals surface area contributed by atoms with Crippen LogP contribution in [0.4, 0.5) is 11.4 Å². The van der Waals surface area contributed by atoms with E-state index in [4.69, 9.17) is 20.9 Å². The molecule has 1 aliphatic rings. The Morgan fingerprint density at radius 1 is 0.451 bits per heavy atom. The second-order valence-electron chi connectivity index (χ2n) is 15.9. The van der Waals surface area contributed by atoms with E-state index in [1.165, 1.54) is 11.1 Å². The molecule has 7 rings (SSSR count). The lowest BCUT2D eigenvalue weighted by molar-refractivity contribution is 0.306. The predicted octanol–water partition coefficient (Wildman–Crippen LogP) is 11.0. The van der Waals surface area contributed by atoms with Gasteiger partial charge in [0.05, 0.1) is 5.41 Å². The highest BCUT2D eigenvalue weighted by Gasteiger charge is 2.46. The Labute approximate surface area is 303 Å². The van der Waals surface area contributed by atoms with E-state index in [1.807, 2.05) is 12.1 Å². The van der Waals surface area contributed by atoms with Crippen molar-refractivity contribution in [1.82, 2.24) is 0 Å². The van der Waals surface area contributed by atoms with Crippen LogP contribution in [0.25, 0.3) is 11.1 Å². The molecule has 0 unspecified atom stereocenters. The van der Waals surface area contributed by atoms with E-state index >= 15 is 0 Å². The molecule has 4 heteroatoms. The van der Waals surface area contributed by atoms with Gasteiger partial charge in [0.15, 0.2) is 0 Å². The van der Waals surface area contributed by atoms with E-state index in [0.717, 1.165) is 56.0 Å². The molecule has 0 atom stereocenters. The number of benzene rings is 6. The van der Waals surface area contributed by atoms with E-state index in [0.29, 0.717) is 24.6 Å². The van der Waals surface area contributed by atoms with E-state index < -0.39 is 5.41 Å². The van der Waals surface area contributed by atoms with Crippen molar-refractivity contribution in [2.45, 2.75) is 71.0 Å². The molecule has 6 aromatic carbocycles. The van der Waals surface area contributed by atoms with Crippen LogP contribution in [0.15, 0.2) is 133 Å². The van der Waals surface area contributed by atoms with Crippen LogP contribution in [0.2, 0.25) is 0 Å². The molecule has 51 heavy (non-hydrogen) atoms. The molecule has 0 heterocycles. The zero-order chi connectivity index (χ0) is 36.0. The summed E-state index contributed by atoms with van der Waals surface area (Å²) in [6, 6.07) is 46.8. The monoisotopic (exact) mass is 672 g/mol. The zero-order valence-electron chi connectivity index (χ0n) is 30.6. The van der Waals surface area contributed by atoms with Gasteiger partial charge in [-0.25, -0.2) is 0 Å². The van der Waals surface area contributed by atoms with Gasteiger partial charge < -0.3 is 20.9 Å². The minimum Gasteiger partial charge on any atom is -0.489 e. The second-order valence-corrected chi connectivity index (χ2v) is 15.9. The highest BCUT2D eigenvalue weighted by Crippen LogP contribution is 2.57. The number of ether oxygens (including phenoxy) is 2. The quantitative estimate of drug-likeness (QED) is 0.158. The number of hydrogen-bond donors (Lipinski definition) is 2. The maximum absolute atomic E-state index is 6.51.